The Bertz CT molecular complexity index is 303. The zero-order valence-corrected chi connectivity index (χ0v) is 8.13. The molecular weight excluding hydrogens is 164 g/mol. The summed E-state index contributed by atoms with van der Waals surface area (Å²) in [6.45, 7) is 4.07. The smallest absolute Gasteiger partial charge is 0.233 e. The summed E-state index contributed by atoms with van der Waals surface area (Å²) < 4.78 is 5.07. The summed E-state index contributed by atoms with van der Waals surface area (Å²) in [7, 11) is 1.61. The van der Waals surface area contributed by atoms with Crippen LogP contribution >= 0.6 is 0 Å². The number of carbonyl (C=O) groups excluding carboxylic acids is 1. The largest absolute Gasteiger partial charge is 0.497 e. The van der Waals surface area contributed by atoms with Crippen molar-refractivity contribution in [2.75, 3.05) is 7.11 Å². The van der Waals surface area contributed by atoms with Gasteiger partial charge in [-0.2, -0.15) is 0 Å². The first-order valence-corrected chi connectivity index (χ1v) is 4.25. The van der Waals surface area contributed by atoms with Crippen molar-refractivity contribution in [3.05, 3.63) is 29.3 Å². The Hall–Kier alpha value is -1.31. The van der Waals surface area contributed by atoms with E-state index in [0.29, 0.717) is 11.5 Å². The molecule has 0 aliphatic rings. The topological polar surface area (TPSA) is 26.3 Å². The molecule has 0 bridgehead atoms. The highest BCUT2D eigenvalue weighted by molar-refractivity contribution is 5.78. The average molecular weight is 177 g/mol. The molecule has 13 heavy (non-hydrogen) atoms. The lowest BCUT2D eigenvalue weighted by Gasteiger charge is -2.09. The minimum atomic E-state index is 0.312. The van der Waals surface area contributed by atoms with Crippen LogP contribution in [0.1, 0.15) is 30.9 Å². The minimum absolute atomic E-state index is 0.312. The molecule has 1 radical (unpaired) electrons. The fourth-order valence-electron chi connectivity index (χ4n) is 1.24. The molecule has 1 rings (SSSR count). The maximum Gasteiger partial charge on any atom is 0.233 e. The van der Waals surface area contributed by atoms with Crippen molar-refractivity contribution in [2.45, 2.75) is 19.8 Å². The highest BCUT2D eigenvalue weighted by Gasteiger charge is 2.07. The van der Waals surface area contributed by atoms with Gasteiger partial charge in [-0.1, -0.05) is 13.8 Å². The summed E-state index contributed by atoms with van der Waals surface area (Å²) in [6, 6.07) is 5.39. The molecule has 0 N–H and O–H groups in total. The maximum absolute atomic E-state index is 10.6. The van der Waals surface area contributed by atoms with Gasteiger partial charge in [-0.3, -0.25) is 4.79 Å². The number of rotatable bonds is 3. The lowest BCUT2D eigenvalue weighted by Crippen LogP contribution is -1.96. The molecule has 0 spiro atoms. The number of hydrogen-bond acceptors (Lipinski definition) is 2. The van der Waals surface area contributed by atoms with Crippen LogP contribution in [0.3, 0.4) is 0 Å². The van der Waals surface area contributed by atoms with Crippen LogP contribution in [-0.2, 0) is 4.79 Å². The first-order chi connectivity index (χ1) is 6.19. The van der Waals surface area contributed by atoms with E-state index in [1.807, 2.05) is 26.2 Å². The Labute approximate surface area is 78.5 Å². The normalized spacial score (nSPS) is 10.2. The molecule has 0 aliphatic carbocycles. The molecule has 0 saturated heterocycles. The summed E-state index contributed by atoms with van der Waals surface area (Å²) in [6.07, 6.45) is 1.92. The number of hydrogen-bond donors (Lipinski definition) is 0. The molecule has 2 heteroatoms. The third-order valence-electron chi connectivity index (χ3n) is 1.99. The van der Waals surface area contributed by atoms with Crippen LogP contribution in [0, 0.1) is 0 Å². The van der Waals surface area contributed by atoms with E-state index in [1.165, 1.54) is 0 Å². The molecule has 0 heterocycles. The minimum Gasteiger partial charge on any atom is -0.497 e. The first-order valence-electron chi connectivity index (χ1n) is 4.25. The van der Waals surface area contributed by atoms with E-state index >= 15 is 0 Å². The summed E-state index contributed by atoms with van der Waals surface area (Å²) in [5, 5.41) is 0. The van der Waals surface area contributed by atoms with Gasteiger partial charge in [0.25, 0.3) is 0 Å². The van der Waals surface area contributed by atoms with Crippen LogP contribution < -0.4 is 4.74 Å². The third-order valence-corrected chi connectivity index (χ3v) is 1.99. The highest BCUT2D eigenvalue weighted by atomic mass is 16.5. The van der Waals surface area contributed by atoms with Crippen molar-refractivity contribution in [3.8, 4) is 5.75 Å². The van der Waals surface area contributed by atoms with Crippen LogP contribution in [0.2, 0.25) is 0 Å². The van der Waals surface area contributed by atoms with E-state index in [4.69, 9.17) is 4.74 Å². The Morgan fingerprint density at radius 2 is 2.08 bits per heavy atom. The number of benzene rings is 1. The van der Waals surface area contributed by atoms with E-state index < -0.39 is 0 Å². The SMILES string of the molecule is COc1ccc([C]=O)c(C(C)C)c1. The van der Waals surface area contributed by atoms with E-state index in [-0.39, 0.29) is 0 Å². The molecule has 0 unspecified atom stereocenters. The molecule has 0 fully saturated rings. The molecule has 2 nitrogen and oxygen atoms in total. The van der Waals surface area contributed by atoms with Crippen LogP contribution in [-0.4, -0.2) is 13.4 Å². The van der Waals surface area contributed by atoms with Gasteiger partial charge in [0.15, 0.2) is 0 Å². The summed E-state index contributed by atoms with van der Waals surface area (Å²) in [5.41, 5.74) is 1.60. The van der Waals surface area contributed by atoms with Crippen LogP contribution in [0.4, 0.5) is 0 Å². The van der Waals surface area contributed by atoms with Gasteiger partial charge in [-0.15, -0.1) is 0 Å². The van der Waals surface area contributed by atoms with E-state index in [9.17, 15) is 4.79 Å². The van der Waals surface area contributed by atoms with Crippen LogP contribution in [0.5, 0.6) is 5.75 Å². The number of ether oxygens (including phenoxy) is 1. The average Bonchev–Trinajstić information content (AvgIpc) is 2.16. The van der Waals surface area contributed by atoms with Crippen molar-refractivity contribution in [1.82, 2.24) is 0 Å². The third kappa shape index (κ3) is 2.08. The molecule has 1 aromatic carbocycles. The lowest BCUT2D eigenvalue weighted by atomic mass is 9.98. The zero-order chi connectivity index (χ0) is 9.84. The zero-order valence-electron chi connectivity index (χ0n) is 8.13. The molecule has 1 aromatic rings. The van der Waals surface area contributed by atoms with Gasteiger partial charge in [0, 0.05) is 5.56 Å². The van der Waals surface area contributed by atoms with Gasteiger partial charge in [-0.05, 0) is 29.7 Å². The van der Waals surface area contributed by atoms with Crippen molar-refractivity contribution in [1.29, 1.82) is 0 Å². The fraction of sp³-hybridized carbons (Fsp3) is 0.364. The molecule has 0 saturated carbocycles. The van der Waals surface area contributed by atoms with Gasteiger partial charge in [0.1, 0.15) is 5.75 Å². The summed E-state index contributed by atoms with van der Waals surface area (Å²) in [5.74, 6) is 1.09. The molecule has 0 aliphatic heterocycles. The maximum atomic E-state index is 10.6. The molecule has 0 atom stereocenters. The van der Waals surface area contributed by atoms with E-state index in [2.05, 4.69) is 0 Å². The van der Waals surface area contributed by atoms with Gasteiger partial charge in [0.2, 0.25) is 6.29 Å². The standard InChI is InChI=1S/C11H13O2/c1-8(2)11-6-10(13-3)5-4-9(11)7-12/h4-6,8H,1-3H3. The Kier molecular flexibility index (Phi) is 3.07. The molecule has 0 aromatic heterocycles. The lowest BCUT2D eigenvalue weighted by molar-refractivity contribution is 0.414. The predicted octanol–water partition coefficient (Wildman–Crippen LogP) is 2.28. The van der Waals surface area contributed by atoms with Crippen molar-refractivity contribution in [2.24, 2.45) is 0 Å². The summed E-state index contributed by atoms with van der Waals surface area (Å²) in [4.78, 5) is 10.6. The molecular formula is C11H13O2. The van der Waals surface area contributed by atoms with Crippen LogP contribution in [0.15, 0.2) is 18.2 Å². The van der Waals surface area contributed by atoms with E-state index in [1.54, 1.807) is 19.2 Å². The Morgan fingerprint density at radius 1 is 1.38 bits per heavy atom. The van der Waals surface area contributed by atoms with Gasteiger partial charge in [-0.25, -0.2) is 0 Å². The second-order valence-electron chi connectivity index (χ2n) is 3.21. The van der Waals surface area contributed by atoms with Gasteiger partial charge >= 0.3 is 0 Å². The van der Waals surface area contributed by atoms with Gasteiger partial charge in [0.05, 0.1) is 7.11 Å². The fourth-order valence-corrected chi connectivity index (χ4v) is 1.24. The Morgan fingerprint density at radius 3 is 2.54 bits per heavy atom. The highest BCUT2D eigenvalue weighted by Crippen LogP contribution is 2.23. The molecule has 0 amide bonds. The number of methoxy groups -OCH3 is 1. The first kappa shape index (κ1) is 9.78. The predicted molar refractivity (Wildman–Crippen MR) is 51.9 cm³/mol. The quantitative estimate of drug-likeness (QED) is 0.708. The van der Waals surface area contributed by atoms with Crippen LogP contribution in [0.25, 0.3) is 0 Å². The summed E-state index contributed by atoms with van der Waals surface area (Å²) >= 11 is 0. The monoisotopic (exact) mass is 177 g/mol. The van der Waals surface area contributed by atoms with Crippen molar-refractivity contribution >= 4 is 6.29 Å². The Balaban J connectivity index is 3.17. The molecule has 69 valence electrons. The van der Waals surface area contributed by atoms with E-state index in [0.717, 1.165) is 11.3 Å². The second-order valence-corrected chi connectivity index (χ2v) is 3.21. The van der Waals surface area contributed by atoms with Gasteiger partial charge < -0.3 is 4.74 Å². The van der Waals surface area contributed by atoms with Crippen molar-refractivity contribution < 1.29 is 9.53 Å². The second kappa shape index (κ2) is 4.08. The van der Waals surface area contributed by atoms with Crippen molar-refractivity contribution in [3.63, 3.8) is 0 Å².